The summed E-state index contributed by atoms with van der Waals surface area (Å²) in [5.41, 5.74) is 7.39. The van der Waals surface area contributed by atoms with Gasteiger partial charge in [0.1, 0.15) is 0 Å². The zero-order chi connectivity index (χ0) is 12.3. The first kappa shape index (κ1) is 12.3. The van der Waals surface area contributed by atoms with Crippen molar-refractivity contribution in [2.24, 2.45) is 0 Å². The maximum absolute atomic E-state index is 11.6. The Balaban J connectivity index is 2.98. The number of nitrogens with zero attached hydrogens (tertiary/aromatic N) is 1. The molecule has 1 aromatic rings. The van der Waals surface area contributed by atoms with E-state index in [0.29, 0.717) is 11.4 Å². The fourth-order valence-corrected chi connectivity index (χ4v) is 1.80. The number of benzene rings is 1. The minimum absolute atomic E-state index is 0.366. The van der Waals surface area contributed by atoms with Crippen molar-refractivity contribution >= 4 is 21.4 Å². The van der Waals surface area contributed by atoms with E-state index in [1.165, 1.54) is 13.0 Å². The van der Waals surface area contributed by atoms with Gasteiger partial charge in [-0.3, -0.25) is 4.72 Å². The van der Waals surface area contributed by atoms with E-state index in [2.05, 4.69) is 4.72 Å². The second-order valence-electron chi connectivity index (χ2n) is 3.49. The summed E-state index contributed by atoms with van der Waals surface area (Å²) in [7, 11) is -3.66. The number of hydrogen-bond acceptors (Lipinski definition) is 4. The number of nitrogens with one attached hydrogen (secondary N) is 1. The molecule has 0 aliphatic rings. The third-order valence-corrected chi connectivity index (χ3v) is 3.74. The summed E-state index contributed by atoms with van der Waals surface area (Å²) in [4.78, 5) is 0. The van der Waals surface area contributed by atoms with Crippen molar-refractivity contribution in [2.75, 3.05) is 10.5 Å². The molecule has 0 bridgehead atoms. The lowest BCUT2D eigenvalue weighted by atomic mass is 10.2. The molecule has 86 valence electrons. The van der Waals surface area contributed by atoms with Crippen LogP contribution in [0.3, 0.4) is 0 Å². The molecular weight excluding hydrogens is 226 g/mol. The van der Waals surface area contributed by atoms with Gasteiger partial charge in [0.2, 0.25) is 10.0 Å². The highest BCUT2D eigenvalue weighted by molar-refractivity contribution is 7.93. The lowest BCUT2D eigenvalue weighted by molar-refractivity contribution is 0.597. The molecule has 1 atom stereocenters. The van der Waals surface area contributed by atoms with E-state index in [9.17, 15) is 8.42 Å². The number of sulfonamides is 1. The summed E-state index contributed by atoms with van der Waals surface area (Å²) in [5.74, 6) is 0. The minimum Gasteiger partial charge on any atom is -0.398 e. The number of nitrogen functional groups attached to an aromatic ring is 1. The van der Waals surface area contributed by atoms with Crippen LogP contribution in [0.4, 0.5) is 11.4 Å². The van der Waals surface area contributed by atoms with Gasteiger partial charge in [-0.05, 0) is 31.5 Å². The third-order valence-electron chi connectivity index (χ3n) is 2.19. The van der Waals surface area contributed by atoms with Gasteiger partial charge in [0, 0.05) is 5.69 Å². The lowest BCUT2D eigenvalue weighted by Crippen LogP contribution is -2.23. The van der Waals surface area contributed by atoms with Crippen molar-refractivity contribution in [1.29, 1.82) is 5.26 Å². The van der Waals surface area contributed by atoms with Crippen molar-refractivity contribution in [2.45, 2.75) is 19.1 Å². The van der Waals surface area contributed by atoms with Gasteiger partial charge in [-0.25, -0.2) is 8.42 Å². The first-order valence-electron chi connectivity index (χ1n) is 4.64. The first-order chi connectivity index (χ1) is 7.36. The fourth-order valence-electron chi connectivity index (χ4n) is 1.03. The Hall–Kier alpha value is -1.74. The molecule has 0 amide bonds. The number of rotatable bonds is 3. The van der Waals surface area contributed by atoms with E-state index in [1.54, 1.807) is 18.2 Å². The summed E-state index contributed by atoms with van der Waals surface area (Å²) in [6, 6.07) is 6.51. The predicted molar refractivity (Wildman–Crippen MR) is 63.2 cm³/mol. The molecule has 0 aromatic heterocycles. The van der Waals surface area contributed by atoms with Crippen LogP contribution in [0.1, 0.15) is 12.5 Å². The summed E-state index contributed by atoms with van der Waals surface area (Å²) in [5, 5.41) is 7.45. The number of anilines is 2. The van der Waals surface area contributed by atoms with Crippen LogP contribution in [0.25, 0.3) is 0 Å². The minimum atomic E-state index is -3.66. The number of aryl methyl sites for hydroxylation is 1. The zero-order valence-corrected chi connectivity index (χ0v) is 9.88. The van der Waals surface area contributed by atoms with E-state index in [-0.39, 0.29) is 0 Å². The van der Waals surface area contributed by atoms with Crippen LogP contribution in [-0.4, -0.2) is 13.7 Å². The molecule has 1 rings (SSSR count). The van der Waals surface area contributed by atoms with Crippen molar-refractivity contribution in [3.05, 3.63) is 23.8 Å². The number of nitrogens with two attached hydrogens (primary N) is 1. The van der Waals surface area contributed by atoms with Crippen molar-refractivity contribution in [1.82, 2.24) is 0 Å². The molecule has 3 N–H and O–H groups in total. The van der Waals surface area contributed by atoms with Crippen molar-refractivity contribution < 1.29 is 8.42 Å². The summed E-state index contributed by atoms with van der Waals surface area (Å²) < 4.78 is 25.4. The van der Waals surface area contributed by atoms with E-state index < -0.39 is 15.3 Å². The molecule has 0 aliphatic carbocycles. The highest BCUT2D eigenvalue weighted by Crippen LogP contribution is 2.18. The maximum atomic E-state index is 11.6. The molecule has 0 fully saturated rings. The van der Waals surface area contributed by atoms with Gasteiger partial charge < -0.3 is 5.73 Å². The van der Waals surface area contributed by atoms with Gasteiger partial charge in [0.15, 0.2) is 5.25 Å². The van der Waals surface area contributed by atoms with Gasteiger partial charge >= 0.3 is 0 Å². The van der Waals surface area contributed by atoms with Crippen LogP contribution in [0.5, 0.6) is 0 Å². The smallest absolute Gasteiger partial charge is 0.248 e. The van der Waals surface area contributed by atoms with Crippen LogP contribution in [-0.2, 0) is 10.0 Å². The van der Waals surface area contributed by atoms with Crippen LogP contribution < -0.4 is 10.5 Å². The quantitative estimate of drug-likeness (QED) is 0.775. The molecule has 6 heteroatoms. The Morgan fingerprint density at radius 2 is 2.12 bits per heavy atom. The Labute approximate surface area is 94.9 Å². The lowest BCUT2D eigenvalue weighted by Gasteiger charge is -2.10. The fraction of sp³-hybridized carbons (Fsp3) is 0.300. The van der Waals surface area contributed by atoms with Crippen LogP contribution in [0.15, 0.2) is 18.2 Å². The van der Waals surface area contributed by atoms with Crippen molar-refractivity contribution in [3.63, 3.8) is 0 Å². The highest BCUT2D eigenvalue weighted by atomic mass is 32.2. The van der Waals surface area contributed by atoms with Gasteiger partial charge in [-0.15, -0.1) is 0 Å². The zero-order valence-electron chi connectivity index (χ0n) is 9.06. The topological polar surface area (TPSA) is 96.0 Å². The summed E-state index contributed by atoms with van der Waals surface area (Å²) in [6.45, 7) is 3.14. The molecule has 0 radical (unpaired) electrons. The largest absolute Gasteiger partial charge is 0.398 e. The maximum Gasteiger partial charge on any atom is 0.248 e. The first-order valence-corrected chi connectivity index (χ1v) is 6.19. The normalized spacial score (nSPS) is 12.8. The molecule has 1 unspecified atom stereocenters. The van der Waals surface area contributed by atoms with Crippen LogP contribution in [0, 0.1) is 18.3 Å². The van der Waals surface area contributed by atoms with Gasteiger partial charge in [-0.1, -0.05) is 6.07 Å². The monoisotopic (exact) mass is 239 g/mol. The summed E-state index contributed by atoms with van der Waals surface area (Å²) in [6.07, 6.45) is 0. The van der Waals surface area contributed by atoms with Crippen LogP contribution in [0.2, 0.25) is 0 Å². The number of nitriles is 1. The molecule has 0 saturated carbocycles. The Morgan fingerprint density at radius 1 is 1.50 bits per heavy atom. The Morgan fingerprint density at radius 3 is 2.62 bits per heavy atom. The second kappa shape index (κ2) is 4.41. The molecule has 16 heavy (non-hydrogen) atoms. The molecule has 0 heterocycles. The van der Waals surface area contributed by atoms with E-state index in [1.807, 2.05) is 6.92 Å². The van der Waals surface area contributed by atoms with Gasteiger partial charge in [-0.2, -0.15) is 5.26 Å². The Bertz CT molecular complexity index is 531. The standard InChI is InChI=1S/C10H13N3O2S/c1-7-3-4-9(5-10(7)12)13-16(14,15)8(2)6-11/h3-5,8,13H,12H2,1-2H3. The molecule has 0 saturated heterocycles. The molecule has 5 nitrogen and oxygen atoms in total. The SMILES string of the molecule is Cc1ccc(NS(=O)(=O)C(C)C#N)cc1N. The number of hydrogen-bond donors (Lipinski definition) is 2. The average molecular weight is 239 g/mol. The Kier molecular flexibility index (Phi) is 3.40. The third kappa shape index (κ3) is 2.64. The van der Waals surface area contributed by atoms with E-state index >= 15 is 0 Å². The summed E-state index contributed by atoms with van der Waals surface area (Å²) >= 11 is 0. The molecule has 1 aromatic carbocycles. The van der Waals surface area contributed by atoms with Crippen molar-refractivity contribution in [3.8, 4) is 6.07 Å². The second-order valence-corrected chi connectivity index (χ2v) is 5.49. The average Bonchev–Trinajstić information content (AvgIpc) is 2.22. The molecule has 0 aliphatic heterocycles. The highest BCUT2D eigenvalue weighted by Gasteiger charge is 2.19. The van der Waals surface area contributed by atoms with E-state index in [0.717, 1.165) is 5.56 Å². The van der Waals surface area contributed by atoms with Gasteiger partial charge in [0.25, 0.3) is 0 Å². The van der Waals surface area contributed by atoms with Gasteiger partial charge in [0.05, 0.1) is 11.8 Å². The molecule has 0 spiro atoms. The van der Waals surface area contributed by atoms with Crippen LogP contribution >= 0.6 is 0 Å². The van der Waals surface area contributed by atoms with E-state index in [4.69, 9.17) is 11.0 Å². The molecular formula is C10H13N3O2S. The predicted octanol–water partition coefficient (Wildman–Crippen LogP) is 1.23.